The van der Waals surface area contributed by atoms with E-state index in [9.17, 15) is 5.11 Å². The quantitative estimate of drug-likeness (QED) is 0.0479. The third-order valence-electron chi connectivity index (χ3n) is 10.7. The Morgan fingerprint density at radius 1 is 0.940 bits per heavy atom. The molecule has 292 valence electrons. The first-order valence-corrected chi connectivity index (χ1v) is 24.0. The van der Waals surface area contributed by atoms with Gasteiger partial charge in [0.15, 0.2) is 22.4 Å². The van der Waals surface area contributed by atoms with Gasteiger partial charge < -0.3 is 42.4 Å². The Kier molecular flexibility index (Phi) is 19.4. The van der Waals surface area contributed by atoms with Crippen LogP contribution in [0.4, 0.5) is 0 Å². The van der Waals surface area contributed by atoms with Crippen LogP contribution in [0.15, 0.2) is 25.3 Å². The monoisotopic (exact) mass is 742 g/mol. The summed E-state index contributed by atoms with van der Waals surface area (Å²) >= 11 is 0. The first-order chi connectivity index (χ1) is 23.2. The Morgan fingerprint density at radius 3 is 1.98 bits per heavy atom. The van der Waals surface area contributed by atoms with Crippen LogP contribution in [-0.4, -0.2) is 97.6 Å². The van der Waals surface area contributed by atoms with Crippen LogP contribution in [0.3, 0.4) is 0 Å². The van der Waals surface area contributed by atoms with Crippen molar-refractivity contribution in [1.29, 1.82) is 0 Å². The van der Waals surface area contributed by atoms with E-state index in [1.165, 1.54) is 0 Å². The molecule has 1 aliphatic rings. The van der Waals surface area contributed by atoms with Crippen LogP contribution in [-0.2, 0) is 37.3 Å². The molecule has 1 heterocycles. The third-order valence-corrected chi connectivity index (χ3v) is 19.9. The van der Waals surface area contributed by atoms with Crippen molar-refractivity contribution in [3.05, 3.63) is 25.3 Å². The van der Waals surface area contributed by atoms with E-state index in [1.54, 1.807) is 20.3 Å². The minimum atomic E-state index is -2.43. The summed E-state index contributed by atoms with van der Waals surface area (Å²) in [6.07, 6.45) is 1.62. The lowest BCUT2D eigenvalue weighted by Crippen LogP contribution is -2.57. The average molecular weight is 743 g/mol. The molecular formula is C39H74O9Si2. The lowest BCUT2D eigenvalue weighted by atomic mass is 9.89. The highest BCUT2D eigenvalue weighted by atomic mass is 28.4. The van der Waals surface area contributed by atoms with Crippen molar-refractivity contribution in [3.63, 3.8) is 0 Å². The minimum Gasteiger partial charge on any atom is -0.411 e. The van der Waals surface area contributed by atoms with Crippen molar-refractivity contribution in [2.24, 2.45) is 11.8 Å². The second-order valence-electron chi connectivity index (χ2n) is 16.1. The number of methoxy groups -OCH3 is 2. The molecule has 1 fully saturated rings. The molecule has 0 saturated carbocycles. The number of aliphatic hydroxyl groups excluding tert-OH is 1. The van der Waals surface area contributed by atoms with E-state index < -0.39 is 52.4 Å². The molecule has 0 unspecified atom stereocenters. The number of hydrogen-bond acceptors (Lipinski definition) is 9. The van der Waals surface area contributed by atoms with Crippen molar-refractivity contribution in [2.45, 2.75) is 173 Å². The zero-order chi connectivity index (χ0) is 38.6. The Bertz CT molecular complexity index is 1070. The van der Waals surface area contributed by atoms with Gasteiger partial charge in [-0.25, -0.2) is 0 Å². The number of ether oxygens (including phenoxy) is 6. The SMILES string of the molecule is C=CC[C@H](OCOC)[C@H]1OC(C)(C)O[C@H]1[C@@](C)(C#C[C@@H](O)[C@@H](C)C[C@H](O[Si](CC)(CC)CC)[C@@H](OCOC)[C@@H](C)C=C)O[Si](C)(C)C(C)(C)C. The largest absolute Gasteiger partial charge is 0.411 e. The summed E-state index contributed by atoms with van der Waals surface area (Å²) in [5.41, 5.74) is -1.15. The molecule has 0 aromatic rings. The second-order valence-corrected chi connectivity index (χ2v) is 25.5. The van der Waals surface area contributed by atoms with Gasteiger partial charge in [0.1, 0.15) is 37.5 Å². The van der Waals surface area contributed by atoms with Gasteiger partial charge in [0, 0.05) is 20.1 Å². The topological polar surface area (TPSA) is 94.1 Å². The molecule has 1 aliphatic heterocycles. The Morgan fingerprint density at radius 2 is 1.50 bits per heavy atom. The van der Waals surface area contributed by atoms with Crippen LogP contribution in [0.2, 0.25) is 36.3 Å². The molecule has 50 heavy (non-hydrogen) atoms. The van der Waals surface area contributed by atoms with Gasteiger partial charge in [-0.1, -0.05) is 79.4 Å². The lowest BCUT2D eigenvalue weighted by Gasteiger charge is -2.45. The highest BCUT2D eigenvalue weighted by Gasteiger charge is 2.56. The van der Waals surface area contributed by atoms with Crippen LogP contribution >= 0.6 is 0 Å². The Balaban J connectivity index is 3.71. The maximum Gasteiger partial charge on any atom is 0.194 e. The molecular weight excluding hydrogens is 669 g/mol. The van der Waals surface area contributed by atoms with Gasteiger partial charge in [0.05, 0.1) is 18.3 Å². The molecule has 0 aromatic heterocycles. The van der Waals surface area contributed by atoms with Gasteiger partial charge in [-0.15, -0.1) is 13.2 Å². The van der Waals surface area contributed by atoms with Gasteiger partial charge in [-0.05, 0) is 75.8 Å². The summed E-state index contributed by atoms with van der Waals surface area (Å²) < 4.78 is 50.3. The molecule has 0 aliphatic carbocycles. The smallest absolute Gasteiger partial charge is 0.194 e. The van der Waals surface area contributed by atoms with Gasteiger partial charge in [0.25, 0.3) is 0 Å². The van der Waals surface area contributed by atoms with E-state index in [2.05, 4.69) is 86.6 Å². The fourth-order valence-electron chi connectivity index (χ4n) is 6.25. The third kappa shape index (κ3) is 13.2. The van der Waals surface area contributed by atoms with Crippen LogP contribution < -0.4 is 0 Å². The van der Waals surface area contributed by atoms with Crippen LogP contribution in [0.1, 0.15) is 89.0 Å². The number of hydrogen-bond donors (Lipinski definition) is 1. The van der Waals surface area contributed by atoms with Gasteiger partial charge in [-0.3, -0.25) is 0 Å². The highest BCUT2D eigenvalue weighted by Crippen LogP contribution is 2.44. The lowest BCUT2D eigenvalue weighted by molar-refractivity contribution is -0.171. The van der Waals surface area contributed by atoms with Gasteiger partial charge in [0.2, 0.25) is 0 Å². The standard InChI is InChI=1S/C39H74O9Si2/c1-18-23-32(43-27-41-14)35-36(46-38(11,12)45-35)39(13,48-49(16,17)37(8,9)10)25-24-31(40)30(7)26-33(47-50(20-3,21-4)22-5)34(29(6)19-2)44-28-42-15/h18-19,29-36,40H,1-2,20-23,26-28H2,3-17H3/t29-,30-,31+,32-,33-,34-,35+,36+,39+/m0/s1. The van der Waals surface area contributed by atoms with Crippen molar-refractivity contribution in [2.75, 3.05) is 27.8 Å². The normalized spacial score (nSPS) is 23.1. The molecule has 0 aromatic carbocycles. The zero-order valence-electron chi connectivity index (χ0n) is 34.4. The molecule has 9 atom stereocenters. The predicted molar refractivity (Wildman–Crippen MR) is 208 cm³/mol. The van der Waals surface area contributed by atoms with E-state index in [0.29, 0.717) is 12.8 Å². The van der Waals surface area contributed by atoms with E-state index in [-0.39, 0.29) is 42.7 Å². The first kappa shape index (κ1) is 47.1. The highest BCUT2D eigenvalue weighted by molar-refractivity contribution is 6.74. The fraction of sp³-hybridized carbons (Fsp3) is 0.846. The van der Waals surface area contributed by atoms with Gasteiger partial charge in [-0.2, -0.15) is 0 Å². The van der Waals surface area contributed by atoms with Crippen LogP contribution in [0, 0.1) is 23.7 Å². The summed E-state index contributed by atoms with van der Waals surface area (Å²) in [7, 11) is -1.27. The fourth-order valence-corrected chi connectivity index (χ4v) is 10.7. The summed E-state index contributed by atoms with van der Waals surface area (Å²) in [5, 5.41) is 11.6. The maximum absolute atomic E-state index is 11.8. The summed E-state index contributed by atoms with van der Waals surface area (Å²) in [5.74, 6) is 5.47. The first-order valence-electron chi connectivity index (χ1n) is 18.5. The van der Waals surface area contributed by atoms with Crippen LogP contribution in [0.25, 0.3) is 0 Å². The zero-order valence-corrected chi connectivity index (χ0v) is 36.4. The van der Waals surface area contributed by atoms with Crippen LogP contribution in [0.5, 0.6) is 0 Å². The second kappa shape index (κ2) is 20.5. The van der Waals surface area contributed by atoms with Crippen molar-refractivity contribution >= 4 is 16.6 Å². The summed E-state index contributed by atoms with van der Waals surface area (Å²) in [6, 6.07) is 2.99. The summed E-state index contributed by atoms with van der Waals surface area (Å²) in [6.45, 7) is 35.7. The molecule has 0 amide bonds. The van der Waals surface area contributed by atoms with E-state index >= 15 is 0 Å². The van der Waals surface area contributed by atoms with Crippen molar-refractivity contribution in [3.8, 4) is 11.8 Å². The molecule has 0 radical (unpaired) electrons. The van der Waals surface area contributed by atoms with Crippen molar-refractivity contribution < 1.29 is 42.4 Å². The maximum atomic E-state index is 11.8. The Labute approximate surface area is 308 Å². The van der Waals surface area contributed by atoms with E-state index in [0.717, 1.165) is 18.1 Å². The number of rotatable bonds is 23. The Hall–Kier alpha value is -0.886. The molecule has 0 spiro atoms. The van der Waals surface area contributed by atoms with Gasteiger partial charge >= 0.3 is 0 Å². The molecule has 1 saturated heterocycles. The van der Waals surface area contributed by atoms with E-state index in [4.69, 9.17) is 37.3 Å². The molecule has 9 nitrogen and oxygen atoms in total. The number of aliphatic hydroxyl groups is 1. The molecule has 1 rings (SSSR count). The van der Waals surface area contributed by atoms with E-state index in [1.807, 2.05) is 33.8 Å². The average Bonchev–Trinajstić information content (AvgIpc) is 3.39. The minimum absolute atomic E-state index is 0.00719. The van der Waals surface area contributed by atoms with Crippen molar-refractivity contribution in [1.82, 2.24) is 0 Å². The molecule has 0 bridgehead atoms. The summed E-state index contributed by atoms with van der Waals surface area (Å²) in [4.78, 5) is 0. The molecule has 1 N–H and O–H groups in total. The predicted octanol–water partition coefficient (Wildman–Crippen LogP) is 8.44. The molecule has 11 heteroatoms.